The standard InChI is InChI=1S/C24H26F2N8O/c1-2-28-22(35)18-12-29-23(30-17-7-6-15-8-9-27-11-16(15)10-17)33-21(18)32-19-4-3-5-20(31-19)34-13-24(25,26)14-34/h3-7,10,12,27H,2,8-9,11,13-14H2,1H3,(H,28,35)(H2,29,30,31,32,33). The highest BCUT2D eigenvalue weighted by molar-refractivity contribution is 5.99. The lowest BCUT2D eigenvalue weighted by Crippen LogP contribution is -2.56. The number of carbonyl (C=O) groups is 1. The van der Waals surface area contributed by atoms with Gasteiger partial charge in [-0.15, -0.1) is 0 Å². The number of carbonyl (C=O) groups excluding carboxylic acids is 1. The van der Waals surface area contributed by atoms with Gasteiger partial charge in [0.15, 0.2) is 0 Å². The molecule has 2 aliphatic rings. The van der Waals surface area contributed by atoms with Crippen LogP contribution >= 0.6 is 0 Å². The lowest BCUT2D eigenvalue weighted by molar-refractivity contribution is -0.0266. The molecular weight excluding hydrogens is 454 g/mol. The van der Waals surface area contributed by atoms with E-state index in [0.717, 1.165) is 25.2 Å². The topological polar surface area (TPSA) is 107 Å². The molecule has 0 bridgehead atoms. The normalized spacial score (nSPS) is 16.1. The Bertz CT molecular complexity index is 1240. The highest BCUT2D eigenvalue weighted by atomic mass is 19.3. The first-order valence-corrected chi connectivity index (χ1v) is 11.5. The van der Waals surface area contributed by atoms with Crippen molar-refractivity contribution in [1.82, 2.24) is 25.6 Å². The van der Waals surface area contributed by atoms with Gasteiger partial charge in [0.25, 0.3) is 11.8 Å². The second-order valence-electron chi connectivity index (χ2n) is 8.57. The SMILES string of the molecule is CCNC(=O)c1cnc(Nc2ccc3c(c2)CNCC3)nc1Nc1cccc(N2CC(F)(F)C2)n1. The van der Waals surface area contributed by atoms with Crippen LogP contribution in [0.15, 0.2) is 42.6 Å². The molecule has 11 heteroatoms. The fraction of sp³-hybridized carbons (Fsp3) is 0.333. The van der Waals surface area contributed by atoms with Crippen LogP contribution in [0.1, 0.15) is 28.4 Å². The molecule has 3 aromatic rings. The second kappa shape index (κ2) is 9.41. The average molecular weight is 481 g/mol. The number of benzene rings is 1. The largest absolute Gasteiger partial charge is 0.352 e. The zero-order chi connectivity index (χ0) is 24.4. The molecule has 0 saturated carbocycles. The maximum atomic E-state index is 13.3. The highest BCUT2D eigenvalue weighted by Gasteiger charge is 2.44. The van der Waals surface area contributed by atoms with Gasteiger partial charge >= 0.3 is 0 Å². The van der Waals surface area contributed by atoms with Gasteiger partial charge in [-0.3, -0.25) is 4.79 Å². The molecule has 0 radical (unpaired) electrons. The molecule has 0 spiro atoms. The monoisotopic (exact) mass is 480 g/mol. The summed E-state index contributed by atoms with van der Waals surface area (Å²) in [6.07, 6.45) is 2.44. The van der Waals surface area contributed by atoms with E-state index in [1.807, 2.05) is 13.0 Å². The van der Waals surface area contributed by atoms with E-state index < -0.39 is 5.92 Å². The summed E-state index contributed by atoms with van der Waals surface area (Å²) in [7, 11) is 0. The molecule has 35 heavy (non-hydrogen) atoms. The summed E-state index contributed by atoms with van der Waals surface area (Å²) in [5, 5.41) is 12.4. The van der Waals surface area contributed by atoms with E-state index in [-0.39, 0.29) is 30.4 Å². The van der Waals surface area contributed by atoms with E-state index in [1.54, 1.807) is 18.2 Å². The van der Waals surface area contributed by atoms with Gasteiger partial charge in [0.1, 0.15) is 23.0 Å². The van der Waals surface area contributed by atoms with Gasteiger partial charge < -0.3 is 26.2 Å². The predicted octanol–water partition coefficient (Wildman–Crippen LogP) is 3.21. The molecule has 1 fully saturated rings. The van der Waals surface area contributed by atoms with Gasteiger partial charge in [-0.1, -0.05) is 12.1 Å². The lowest BCUT2D eigenvalue weighted by atomic mass is 10.0. The first-order chi connectivity index (χ1) is 16.9. The van der Waals surface area contributed by atoms with E-state index in [1.165, 1.54) is 22.2 Å². The summed E-state index contributed by atoms with van der Waals surface area (Å²) < 4.78 is 26.6. The van der Waals surface area contributed by atoms with Crippen molar-refractivity contribution in [2.45, 2.75) is 25.8 Å². The number of aromatic nitrogens is 3. The Labute approximate surface area is 201 Å². The summed E-state index contributed by atoms with van der Waals surface area (Å²) in [5.74, 6) is -1.66. The number of anilines is 5. The fourth-order valence-corrected chi connectivity index (χ4v) is 4.11. The number of halogens is 2. The maximum absolute atomic E-state index is 13.3. The maximum Gasteiger partial charge on any atom is 0.282 e. The van der Waals surface area contributed by atoms with Crippen molar-refractivity contribution in [2.24, 2.45) is 0 Å². The smallest absolute Gasteiger partial charge is 0.282 e. The van der Waals surface area contributed by atoms with Crippen molar-refractivity contribution in [3.05, 3.63) is 59.3 Å². The van der Waals surface area contributed by atoms with E-state index in [4.69, 9.17) is 0 Å². The third-order valence-corrected chi connectivity index (χ3v) is 5.87. The number of fused-ring (bicyclic) bond motifs is 1. The zero-order valence-corrected chi connectivity index (χ0v) is 19.2. The molecule has 0 aliphatic carbocycles. The van der Waals surface area contributed by atoms with Crippen LogP contribution in [0.4, 0.5) is 37.9 Å². The number of alkyl halides is 2. The van der Waals surface area contributed by atoms with Gasteiger partial charge in [0.2, 0.25) is 5.95 Å². The number of hydrogen-bond acceptors (Lipinski definition) is 8. The van der Waals surface area contributed by atoms with Crippen molar-refractivity contribution in [2.75, 3.05) is 41.7 Å². The van der Waals surface area contributed by atoms with Crippen molar-refractivity contribution < 1.29 is 13.6 Å². The van der Waals surface area contributed by atoms with Gasteiger partial charge in [-0.2, -0.15) is 4.98 Å². The first-order valence-electron chi connectivity index (χ1n) is 11.5. The van der Waals surface area contributed by atoms with Crippen molar-refractivity contribution in [1.29, 1.82) is 0 Å². The molecule has 4 N–H and O–H groups in total. The molecule has 5 rings (SSSR count). The van der Waals surface area contributed by atoms with Crippen LogP contribution in [0.5, 0.6) is 0 Å². The molecular formula is C24H26F2N8O. The van der Waals surface area contributed by atoms with Gasteiger partial charge in [-0.25, -0.2) is 18.7 Å². The molecule has 1 aromatic carbocycles. The van der Waals surface area contributed by atoms with Crippen molar-refractivity contribution in [3.63, 3.8) is 0 Å². The van der Waals surface area contributed by atoms with E-state index in [2.05, 4.69) is 48.4 Å². The van der Waals surface area contributed by atoms with E-state index in [0.29, 0.717) is 24.1 Å². The zero-order valence-electron chi connectivity index (χ0n) is 19.2. The van der Waals surface area contributed by atoms with Gasteiger partial charge in [0.05, 0.1) is 13.1 Å². The summed E-state index contributed by atoms with van der Waals surface area (Å²) >= 11 is 0. The molecule has 1 amide bonds. The quantitative estimate of drug-likeness (QED) is 0.409. The number of hydrogen-bond donors (Lipinski definition) is 4. The molecule has 2 aromatic heterocycles. The number of amides is 1. The summed E-state index contributed by atoms with van der Waals surface area (Å²) in [6, 6.07) is 11.2. The Morgan fingerprint density at radius 1 is 1.14 bits per heavy atom. The van der Waals surface area contributed by atoms with Crippen LogP contribution in [0.2, 0.25) is 0 Å². The Morgan fingerprint density at radius 2 is 2.00 bits per heavy atom. The number of nitrogens with one attached hydrogen (secondary N) is 4. The van der Waals surface area contributed by atoms with Crippen molar-refractivity contribution >= 4 is 35.0 Å². The molecule has 1 saturated heterocycles. The second-order valence-corrected chi connectivity index (χ2v) is 8.57. The minimum Gasteiger partial charge on any atom is -0.352 e. The van der Waals surface area contributed by atoms with Crippen LogP contribution in [-0.2, 0) is 13.0 Å². The predicted molar refractivity (Wildman–Crippen MR) is 130 cm³/mol. The Balaban J connectivity index is 1.40. The lowest BCUT2D eigenvalue weighted by Gasteiger charge is -2.39. The van der Waals surface area contributed by atoms with E-state index >= 15 is 0 Å². The Hall–Kier alpha value is -3.86. The molecule has 2 aliphatic heterocycles. The number of nitrogens with zero attached hydrogens (tertiary/aromatic N) is 4. The van der Waals surface area contributed by atoms with Gasteiger partial charge in [-0.05, 0) is 55.3 Å². The Morgan fingerprint density at radius 3 is 2.80 bits per heavy atom. The first kappa shape index (κ1) is 22.9. The minimum atomic E-state index is -2.70. The molecule has 0 unspecified atom stereocenters. The van der Waals surface area contributed by atoms with Crippen LogP contribution in [0, 0.1) is 0 Å². The minimum absolute atomic E-state index is 0.245. The van der Waals surface area contributed by atoms with Crippen LogP contribution in [0.25, 0.3) is 0 Å². The summed E-state index contributed by atoms with van der Waals surface area (Å²) in [5.41, 5.74) is 3.61. The van der Waals surface area contributed by atoms with Crippen molar-refractivity contribution in [3.8, 4) is 0 Å². The van der Waals surface area contributed by atoms with Crippen LogP contribution in [0.3, 0.4) is 0 Å². The molecule has 0 atom stereocenters. The fourth-order valence-electron chi connectivity index (χ4n) is 4.11. The third-order valence-electron chi connectivity index (χ3n) is 5.87. The Kier molecular flexibility index (Phi) is 6.16. The van der Waals surface area contributed by atoms with Crippen LogP contribution in [-0.4, -0.2) is 53.0 Å². The van der Waals surface area contributed by atoms with Gasteiger partial charge in [0, 0.05) is 25.0 Å². The molecule has 182 valence electrons. The highest BCUT2D eigenvalue weighted by Crippen LogP contribution is 2.31. The number of rotatable bonds is 7. The van der Waals surface area contributed by atoms with E-state index in [9.17, 15) is 13.6 Å². The molecule has 4 heterocycles. The van der Waals surface area contributed by atoms with Crippen LogP contribution < -0.4 is 26.2 Å². The average Bonchev–Trinajstić information content (AvgIpc) is 2.83. The number of pyridine rings is 1. The summed E-state index contributed by atoms with van der Waals surface area (Å²) in [4.78, 5) is 27.4. The summed E-state index contributed by atoms with van der Waals surface area (Å²) in [6.45, 7) is 3.30. The molecule has 9 nitrogen and oxygen atoms in total. The third kappa shape index (κ3) is 5.14.